The zero-order chi connectivity index (χ0) is 15.9. The van der Waals surface area contributed by atoms with Gasteiger partial charge in [-0.25, -0.2) is 0 Å². The number of amides is 1. The predicted molar refractivity (Wildman–Crippen MR) is 74.6 cm³/mol. The molecular weight excluding hydrogens is 319 g/mol. The zero-order valence-corrected chi connectivity index (χ0v) is 11.6. The van der Waals surface area contributed by atoms with Gasteiger partial charge in [-0.3, -0.25) is 9.78 Å². The SMILES string of the molecule is NC(=O)c1[nH]c2cccnc2c1-c1sccc1OC(F)(F)F. The second-order valence-corrected chi connectivity index (χ2v) is 5.22. The smallest absolute Gasteiger partial charge is 0.404 e. The number of H-pyrrole nitrogens is 1. The molecule has 0 aromatic carbocycles. The molecule has 0 aliphatic carbocycles. The Morgan fingerprint density at radius 1 is 1.36 bits per heavy atom. The summed E-state index contributed by atoms with van der Waals surface area (Å²) in [4.78, 5) is 18.6. The van der Waals surface area contributed by atoms with Gasteiger partial charge in [0.05, 0.1) is 21.5 Å². The van der Waals surface area contributed by atoms with E-state index in [-0.39, 0.29) is 16.1 Å². The van der Waals surface area contributed by atoms with Crippen LogP contribution >= 0.6 is 11.3 Å². The summed E-state index contributed by atoms with van der Waals surface area (Å²) in [5.74, 6) is -1.19. The highest BCUT2D eigenvalue weighted by molar-refractivity contribution is 7.14. The fraction of sp³-hybridized carbons (Fsp3) is 0.0769. The van der Waals surface area contributed by atoms with Gasteiger partial charge >= 0.3 is 6.36 Å². The van der Waals surface area contributed by atoms with Crippen LogP contribution in [0, 0.1) is 0 Å². The number of nitrogens with one attached hydrogen (secondary N) is 1. The van der Waals surface area contributed by atoms with E-state index in [1.807, 2.05) is 0 Å². The topological polar surface area (TPSA) is 81.0 Å². The number of aromatic amines is 1. The van der Waals surface area contributed by atoms with Gasteiger partial charge in [0, 0.05) is 6.20 Å². The Kier molecular flexibility index (Phi) is 3.28. The molecule has 3 N–H and O–H groups in total. The summed E-state index contributed by atoms with van der Waals surface area (Å²) in [5.41, 5.74) is 6.35. The average molecular weight is 327 g/mol. The molecule has 0 bridgehead atoms. The number of nitrogens with two attached hydrogens (primary N) is 1. The number of halogens is 3. The van der Waals surface area contributed by atoms with Crippen molar-refractivity contribution in [2.45, 2.75) is 6.36 Å². The molecule has 0 radical (unpaired) electrons. The van der Waals surface area contributed by atoms with Crippen molar-refractivity contribution < 1.29 is 22.7 Å². The Bertz CT molecular complexity index is 854. The van der Waals surface area contributed by atoms with Gasteiger partial charge in [-0.2, -0.15) is 0 Å². The largest absolute Gasteiger partial charge is 0.573 e. The number of hydrogen-bond donors (Lipinski definition) is 2. The molecule has 0 spiro atoms. The fourth-order valence-electron chi connectivity index (χ4n) is 2.11. The Labute approximate surface area is 125 Å². The maximum atomic E-state index is 12.5. The number of primary amides is 1. The van der Waals surface area contributed by atoms with Gasteiger partial charge in [0.15, 0.2) is 0 Å². The molecular formula is C13H8F3N3O2S. The first-order valence-electron chi connectivity index (χ1n) is 5.97. The van der Waals surface area contributed by atoms with E-state index >= 15 is 0 Å². The third-order valence-corrected chi connectivity index (χ3v) is 3.80. The standard InChI is InChI=1S/C13H8F3N3O2S/c14-13(15,16)21-7-3-5-22-11(7)8-9-6(2-1-4-18-9)19-10(8)12(17)20/h1-5,19H,(H2,17,20). The van der Waals surface area contributed by atoms with Crippen LogP contribution in [0.15, 0.2) is 29.8 Å². The molecule has 0 atom stereocenters. The number of ether oxygens (including phenoxy) is 1. The van der Waals surface area contributed by atoms with Gasteiger partial charge in [0.25, 0.3) is 5.91 Å². The summed E-state index contributed by atoms with van der Waals surface area (Å²) in [6.45, 7) is 0. The van der Waals surface area contributed by atoms with Crippen LogP contribution in [0.3, 0.4) is 0 Å². The van der Waals surface area contributed by atoms with Crippen LogP contribution in [-0.4, -0.2) is 22.2 Å². The Balaban J connectivity index is 2.24. The van der Waals surface area contributed by atoms with Crippen molar-refractivity contribution in [2.24, 2.45) is 5.73 Å². The van der Waals surface area contributed by atoms with Gasteiger partial charge in [-0.05, 0) is 23.6 Å². The Hall–Kier alpha value is -2.55. The van der Waals surface area contributed by atoms with Crippen molar-refractivity contribution in [3.63, 3.8) is 0 Å². The van der Waals surface area contributed by atoms with E-state index in [2.05, 4.69) is 14.7 Å². The van der Waals surface area contributed by atoms with Gasteiger partial charge in [0.2, 0.25) is 0 Å². The molecule has 0 aliphatic rings. The van der Waals surface area contributed by atoms with Crippen LogP contribution in [0.25, 0.3) is 21.5 Å². The van der Waals surface area contributed by atoms with Gasteiger partial charge in [0.1, 0.15) is 11.4 Å². The molecule has 0 saturated carbocycles. The van der Waals surface area contributed by atoms with Crippen molar-refractivity contribution in [3.05, 3.63) is 35.5 Å². The second-order valence-electron chi connectivity index (χ2n) is 4.30. The van der Waals surface area contributed by atoms with Crippen LogP contribution in [0.5, 0.6) is 5.75 Å². The number of nitrogens with zero attached hydrogens (tertiary/aromatic N) is 1. The quantitative estimate of drug-likeness (QED) is 0.774. The number of carbonyl (C=O) groups excluding carboxylic acids is 1. The van der Waals surface area contributed by atoms with E-state index < -0.39 is 18.0 Å². The van der Waals surface area contributed by atoms with Crippen LogP contribution in [0.1, 0.15) is 10.5 Å². The van der Waals surface area contributed by atoms with Gasteiger partial charge in [-0.15, -0.1) is 24.5 Å². The molecule has 3 aromatic heterocycles. The van der Waals surface area contributed by atoms with Crippen molar-refractivity contribution in [2.75, 3.05) is 0 Å². The first-order chi connectivity index (χ1) is 10.4. The van der Waals surface area contributed by atoms with Crippen molar-refractivity contribution in [1.29, 1.82) is 0 Å². The summed E-state index contributed by atoms with van der Waals surface area (Å²) < 4.78 is 41.4. The minimum atomic E-state index is -4.83. The third-order valence-electron chi connectivity index (χ3n) is 2.88. The minimum Gasteiger partial charge on any atom is -0.404 e. The minimum absolute atomic E-state index is 0.0109. The lowest BCUT2D eigenvalue weighted by molar-refractivity contribution is -0.274. The van der Waals surface area contributed by atoms with E-state index in [9.17, 15) is 18.0 Å². The molecule has 0 aliphatic heterocycles. The average Bonchev–Trinajstić information content (AvgIpc) is 3.00. The number of carbonyl (C=O) groups is 1. The van der Waals surface area contributed by atoms with E-state index in [1.54, 1.807) is 12.1 Å². The number of rotatable bonds is 3. The molecule has 5 nitrogen and oxygen atoms in total. The van der Waals surface area contributed by atoms with Crippen molar-refractivity contribution >= 4 is 28.3 Å². The van der Waals surface area contributed by atoms with E-state index in [4.69, 9.17) is 5.73 Å². The number of fused-ring (bicyclic) bond motifs is 1. The molecule has 3 heterocycles. The molecule has 0 saturated heterocycles. The van der Waals surface area contributed by atoms with Crippen molar-refractivity contribution in [3.8, 4) is 16.2 Å². The number of thiophene rings is 1. The maximum absolute atomic E-state index is 12.5. The Morgan fingerprint density at radius 2 is 2.14 bits per heavy atom. The highest BCUT2D eigenvalue weighted by Crippen LogP contribution is 2.42. The normalized spacial score (nSPS) is 11.8. The van der Waals surface area contributed by atoms with Gasteiger partial charge in [-0.1, -0.05) is 0 Å². The Morgan fingerprint density at radius 3 is 2.82 bits per heavy atom. The summed E-state index contributed by atoms with van der Waals surface area (Å²) >= 11 is 1.00. The highest BCUT2D eigenvalue weighted by Gasteiger charge is 2.33. The van der Waals surface area contributed by atoms with Crippen LogP contribution in [-0.2, 0) is 0 Å². The second kappa shape index (κ2) is 5.02. The van der Waals surface area contributed by atoms with E-state index in [0.717, 1.165) is 11.3 Å². The van der Waals surface area contributed by atoms with E-state index in [0.29, 0.717) is 11.0 Å². The first kappa shape index (κ1) is 14.4. The van der Waals surface area contributed by atoms with Crippen molar-refractivity contribution in [1.82, 2.24) is 9.97 Å². The number of pyridine rings is 1. The van der Waals surface area contributed by atoms with Gasteiger partial charge < -0.3 is 15.5 Å². The molecule has 1 amide bonds. The van der Waals surface area contributed by atoms with E-state index in [1.165, 1.54) is 17.6 Å². The third kappa shape index (κ3) is 2.50. The number of hydrogen-bond acceptors (Lipinski definition) is 4. The summed E-state index contributed by atoms with van der Waals surface area (Å²) in [6, 6.07) is 4.46. The van der Waals surface area contributed by atoms with Crippen LogP contribution in [0.4, 0.5) is 13.2 Å². The first-order valence-corrected chi connectivity index (χ1v) is 6.85. The summed E-state index contributed by atoms with van der Waals surface area (Å²) in [7, 11) is 0. The molecule has 22 heavy (non-hydrogen) atoms. The van der Waals surface area contributed by atoms with Crippen LogP contribution < -0.4 is 10.5 Å². The molecule has 0 unspecified atom stereocenters. The highest BCUT2D eigenvalue weighted by atomic mass is 32.1. The molecule has 0 fully saturated rings. The lowest BCUT2D eigenvalue weighted by atomic mass is 10.1. The monoisotopic (exact) mass is 327 g/mol. The number of alkyl halides is 3. The molecule has 3 rings (SSSR count). The predicted octanol–water partition coefficient (Wildman–Crippen LogP) is 3.29. The molecule has 9 heteroatoms. The molecule has 114 valence electrons. The fourth-order valence-corrected chi connectivity index (χ4v) is 2.98. The lowest BCUT2D eigenvalue weighted by Gasteiger charge is -2.09. The lowest BCUT2D eigenvalue weighted by Crippen LogP contribution is -2.17. The maximum Gasteiger partial charge on any atom is 0.573 e. The van der Waals surface area contributed by atoms with Crippen LogP contribution in [0.2, 0.25) is 0 Å². The summed E-state index contributed by atoms with van der Waals surface area (Å²) in [6.07, 6.45) is -3.36. The summed E-state index contributed by atoms with van der Waals surface area (Å²) in [5, 5.41) is 1.43. The molecule has 3 aromatic rings. The number of aromatic nitrogens is 2. The zero-order valence-electron chi connectivity index (χ0n) is 10.8.